The maximum Gasteiger partial charge on any atom is 0.335 e. The fraction of sp³-hybridized carbons (Fsp3) is 0.125. The van der Waals surface area contributed by atoms with Crippen molar-refractivity contribution < 1.29 is 29.4 Å². The van der Waals surface area contributed by atoms with Gasteiger partial charge in [-0.1, -0.05) is 0 Å². The highest BCUT2D eigenvalue weighted by Crippen LogP contribution is 2.39. The van der Waals surface area contributed by atoms with Gasteiger partial charge in [-0.15, -0.1) is 0 Å². The summed E-state index contributed by atoms with van der Waals surface area (Å²) in [5.41, 5.74) is -0.126. The molecular formula is C8H9O6P. The normalized spacial score (nSPS) is 11.3. The van der Waals surface area contributed by atoms with Gasteiger partial charge >= 0.3 is 13.6 Å². The lowest BCUT2D eigenvalue weighted by molar-refractivity contribution is 0.0696. The third-order valence-electron chi connectivity index (χ3n) is 1.61. The number of aromatic carboxylic acids is 1. The smallest absolute Gasteiger partial charge is 0.335 e. The number of aromatic hydroxyl groups is 1. The number of rotatable bonds is 3. The van der Waals surface area contributed by atoms with Crippen LogP contribution in [-0.2, 0) is 10.7 Å². The monoisotopic (exact) mass is 232 g/mol. The molecule has 0 fully saturated rings. The van der Waals surface area contributed by atoms with Gasteiger partial charge in [-0.3, -0.25) is 4.57 Å². The average molecular weight is 232 g/mol. The Kier molecular flexibility index (Phi) is 3.14. The minimum Gasteiger partial charge on any atom is -0.508 e. The molecule has 6 nitrogen and oxygen atoms in total. The molecule has 0 saturated carbocycles. The molecule has 82 valence electrons. The van der Waals surface area contributed by atoms with Gasteiger partial charge in [0.1, 0.15) is 5.75 Å². The molecule has 1 aromatic carbocycles. The second-order valence-corrected chi connectivity index (χ2v) is 4.66. The van der Waals surface area contributed by atoms with Gasteiger partial charge in [0.25, 0.3) is 0 Å². The highest BCUT2D eigenvalue weighted by molar-refractivity contribution is 7.50. The molecule has 0 aliphatic carbocycles. The Morgan fingerprint density at radius 3 is 2.33 bits per heavy atom. The van der Waals surface area contributed by atoms with Gasteiger partial charge < -0.3 is 20.0 Å². The van der Waals surface area contributed by atoms with E-state index in [1.165, 1.54) is 0 Å². The summed E-state index contributed by atoms with van der Waals surface area (Å²) in [6.07, 6.45) is -0.596. The Bertz CT molecular complexity index is 435. The van der Waals surface area contributed by atoms with Crippen LogP contribution >= 0.6 is 7.60 Å². The standard InChI is InChI=1S/C8H9O6P/c9-7-2-5(4-15(12,13)14)1-6(3-7)8(10)11/h1-3,9H,4H2,(H,10,11)(H2,12,13,14). The molecule has 0 unspecified atom stereocenters. The summed E-state index contributed by atoms with van der Waals surface area (Å²) in [4.78, 5) is 27.9. The van der Waals surface area contributed by atoms with E-state index >= 15 is 0 Å². The van der Waals surface area contributed by atoms with Crippen LogP contribution in [0.3, 0.4) is 0 Å². The van der Waals surface area contributed by atoms with Crippen LogP contribution in [0.1, 0.15) is 15.9 Å². The molecule has 0 bridgehead atoms. The van der Waals surface area contributed by atoms with Crippen molar-refractivity contribution >= 4 is 13.6 Å². The third kappa shape index (κ3) is 3.71. The van der Waals surface area contributed by atoms with Gasteiger partial charge in [-0.2, -0.15) is 0 Å². The third-order valence-corrected chi connectivity index (χ3v) is 2.39. The Labute approximate surface area is 85.0 Å². The number of phenols is 1. The number of carbonyl (C=O) groups is 1. The zero-order valence-electron chi connectivity index (χ0n) is 7.49. The molecule has 0 aliphatic heterocycles. The van der Waals surface area contributed by atoms with Crippen molar-refractivity contribution in [3.63, 3.8) is 0 Å². The van der Waals surface area contributed by atoms with E-state index in [4.69, 9.17) is 20.0 Å². The minimum atomic E-state index is -4.26. The van der Waals surface area contributed by atoms with Crippen molar-refractivity contribution in [1.29, 1.82) is 0 Å². The van der Waals surface area contributed by atoms with Crippen molar-refractivity contribution in [1.82, 2.24) is 0 Å². The van der Waals surface area contributed by atoms with Crippen LogP contribution in [0.2, 0.25) is 0 Å². The molecule has 0 atom stereocenters. The van der Waals surface area contributed by atoms with Gasteiger partial charge in [-0.25, -0.2) is 4.79 Å². The van der Waals surface area contributed by atoms with Crippen LogP contribution in [0.5, 0.6) is 5.75 Å². The summed E-state index contributed by atoms with van der Waals surface area (Å²) in [5.74, 6) is -1.60. The van der Waals surface area contributed by atoms with E-state index in [0.717, 1.165) is 18.2 Å². The fourth-order valence-electron chi connectivity index (χ4n) is 1.13. The number of hydrogen-bond acceptors (Lipinski definition) is 3. The Morgan fingerprint density at radius 2 is 1.87 bits per heavy atom. The van der Waals surface area contributed by atoms with Crippen LogP contribution in [0.25, 0.3) is 0 Å². The average Bonchev–Trinajstić information content (AvgIpc) is 1.99. The van der Waals surface area contributed by atoms with E-state index in [0.29, 0.717) is 0 Å². The lowest BCUT2D eigenvalue weighted by atomic mass is 10.1. The maximum absolute atomic E-state index is 10.7. The number of phenolic OH excluding ortho intramolecular Hbond substituents is 1. The van der Waals surface area contributed by atoms with Crippen LogP contribution in [0, 0.1) is 0 Å². The molecule has 0 spiro atoms. The first-order valence-corrected chi connectivity index (χ1v) is 5.68. The number of carboxylic acids is 1. The fourth-order valence-corrected chi connectivity index (χ4v) is 1.78. The van der Waals surface area contributed by atoms with Crippen molar-refractivity contribution in [2.75, 3.05) is 0 Å². The summed E-state index contributed by atoms with van der Waals surface area (Å²) in [6.45, 7) is 0. The molecule has 1 rings (SSSR count). The molecule has 0 aromatic heterocycles. The molecule has 1 aromatic rings. The van der Waals surface area contributed by atoms with Crippen LogP contribution in [0.15, 0.2) is 18.2 Å². The van der Waals surface area contributed by atoms with Gasteiger partial charge in [0.15, 0.2) is 0 Å². The predicted molar refractivity (Wildman–Crippen MR) is 50.8 cm³/mol. The molecular weight excluding hydrogens is 223 g/mol. The molecule has 15 heavy (non-hydrogen) atoms. The Hall–Kier alpha value is -1.36. The second kappa shape index (κ2) is 4.02. The van der Waals surface area contributed by atoms with E-state index in [1.807, 2.05) is 0 Å². The van der Waals surface area contributed by atoms with Crippen molar-refractivity contribution in [3.8, 4) is 5.75 Å². The number of benzene rings is 1. The summed E-state index contributed by atoms with van der Waals surface area (Å²) >= 11 is 0. The van der Waals surface area contributed by atoms with Crippen LogP contribution in [-0.4, -0.2) is 26.0 Å². The first kappa shape index (κ1) is 11.7. The first-order valence-electron chi connectivity index (χ1n) is 3.89. The van der Waals surface area contributed by atoms with Crippen molar-refractivity contribution in [2.24, 2.45) is 0 Å². The lowest BCUT2D eigenvalue weighted by Crippen LogP contribution is -1.98. The molecule has 0 amide bonds. The van der Waals surface area contributed by atoms with Crippen molar-refractivity contribution in [3.05, 3.63) is 29.3 Å². The van der Waals surface area contributed by atoms with E-state index in [-0.39, 0.29) is 16.9 Å². The van der Waals surface area contributed by atoms with Gasteiger partial charge in [-0.05, 0) is 23.8 Å². The number of carboxylic acid groups (broad SMARTS) is 1. The van der Waals surface area contributed by atoms with Gasteiger partial charge in [0, 0.05) is 0 Å². The van der Waals surface area contributed by atoms with Crippen LogP contribution < -0.4 is 0 Å². The molecule has 0 aliphatic rings. The number of hydrogen-bond donors (Lipinski definition) is 4. The van der Waals surface area contributed by atoms with E-state index in [2.05, 4.69) is 0 Å². The summed E-state index contributed by atoms with van der Waals surface area (Å²) in [5, 5.41) is 17.8. The zero-order chi connectivity index (χ0) is 11.6. The Balaban J connectivity index is 3.10. The lowest BCUT2D eigenvalue weighted by Gasteiger charge is -2.05. The SMILES string of the molecule is O=C(O)c1cc(O)cc(CP(=O)(O)O)c1. The van der Waals surface area contributed by atoms with Gasteiger partial charge in [0.05, 0.1) is 11.7 Å². The highest BCUT2D eigenvalue weighted by atomic mass is 31.2. The maximum atomic E-state index is 10.7. The molecule has 0 heterocycles. The summed E-state index contributed by atoms with van der Waals surface area (Å²) < 4.78 is 10.7. The minimum absolute atomic E-state index is 0.0840. The summed E-state index contributed by atoms with van der Waals surface area (Å²) in [6, 6.07) is 3.23. The molecule has 7 heteroatoms. The van der Waals surface area contributed by atoms with Crippen LogP contribution in [0.4, 0.5) is 0 Å². The summed E-state index contributed by atoms with van der Waals surface area (Å²) in [7, 11) is -4.26. The second-order valence-electron chi connectivity index (χ2n) is 3.02. The Morgan fingerprint density at radius 1 is 1.27 bits per heavy atom. The largest absolute Gasteiger partial charge is 0.508 e. The van der Waals surface area contributed by atoms with E-state index < -0.39 is 19.7 Å². The van der Waals surface area contributed by atoms with E-state index in [1.54, 1.807) is 0 Å². The van der Waals surface area contributed by atoms with E-state index in [9.17, 15) is 9.36 Å². The highest BCUT2D eigenvalue weighted by Gasteiger charge is 2.16. The molecule has 0 radical (unpaired) electrons. The van der Waals surface area contributed by atoms with Crippen molar-refractivity contribution in [2.45, 2.75) is 6.16 Å². The molecule has 4 N–H and O–H groups in total. The first-order chi connectivity index (χ1) is 6.78. The predicted octanol–water partition coefficient (Wildman–Crippen LogP) is 0.768. The topological polar surface area (TPSA) is 115 Å². The molecule has 0 saturated heterocycles. The quantitative estimate of drug-likeness (QED) is 0.572. The zero-order valence-corrected chi connectivity index (χ0v) is 8.39. The van der Waals surface area contributed by atoms with Gasteiger partial charge in [0.2, 0.25) is 0 Å².